The van der Waals surface area contributed by atoms with Crippen molar-refractivity contribution in [3.63, 3.8) is 0 Å². The average Bonchev–Trinajstić information content (AvgIpc) is 3.51. The second kappa shape index (κ2) is 10.2. The second-order valence-electron chi connectivity index (χ2n) is 7.53. The van der Waals surface area contributed by atoms with E-state index in [0.29, 0.717) is 37.5 Å². The number of piperidine rings is 1. The summed E-state index contributed by atoms with van der Waals surface area (Å²) in [4.78, 5) is 39.0. The zero-order valence-electron chi connectivity index (χ0n) is 17.3. The predicted octanol–water partition coefficient (Wildman–Crippen LogP) is 2.94. The van der Waals surface area contributed by atoms with Gasteiger partial charge in [0.25, 0.3) is 11.8 Å². The number of amides is 3. The van der Waals surface area contributed by atoms with Crippen LogP contribution in [0.25, 0.3) is 0 Å². The number of likely N-dealkylation sites (tertiary alicyclic amines) is 1. The Morgan fingerprint density at radius 3 is 2.50 bits per heavy atom. The zero-order chi connectivity index (χ0) is 22.3. The van der Waals surface area contributed by atoms with Crippen molar-refractivity contribution in [3.8, 4) is 0 Å². The number of aromatic nitrogens is 2. The van der Waals surface area contributed by atoms with Crippen LogP contribution in [0.3, 0.4) is 0 Å². The zero-order valence-corrected chi connectivity index (χ0v) is 18.1. The summed E-state index contributed by atoms with van der Waals surface area (Å²) in [5, 5.41) is 13.7. The predicted molar refractivity (Wildman–Crippen MR) is 118 cm³/mol. The van der Waals surface area contributed by atoms with Crippen LogP contribution in [0.1, 0.15) is 44.6 Å². The van der Waals surface area contributed by atoms with E-state index < -0.39 is 5.91 Å². The SMILES string of the molecule is O=C(CC1CCN(C(=O)c2nnc(C(=O)Nc3ccccc3)s2)CC1)NCc1ccco1. The molecule has 0 aliphatic carbocycles. The van der Waals surface area contributed by atoms with Crippen molar-refractivity contribution in [2.24, 2.45) is 5.92 Å². The molecule has 9 nitrogen and oxygen atoms in total. The number of nitrogens with one attached hydrogen (secondary N) is 2. The van der Waals surface area contributed by atoms with Gasteiger partial charge in [-0.2, -0.15) is 0 Å². The van der Waals surface area contributed by atoms with E-state index in [4.69, 9.17) is 4.42 Å². The van der Waals surface area contributed by atoms with Crippen molar-refractivity contribution in [1.29, 1.82) is 0 Å². The molecule has 32 heavy (non-hydrogen) atoms. The Hall–Kier alpha value is -3.53. The molecule has 1 aliphatic heterocycles. The highest BCUT2D eigenvalue weighted by atomic mass is 32.1. The summed E-state index contributed by atoms with van der Waals surface area (Å²) in [5.74, 6) is 0.281. The van der Waals surface area contributed by atoms with Gasteiger partial charge in [-0.05, 0) is 43.0 Å². The summed E-state index contributed by atoms with van der Waals surface area (Å²) in [6.07, 6.45) is 3.47. The van der Waals surface area contributed by atoms with Crippen LogP contribution < -0.4 is 10.6 Å². The number of hydrogen-bond donors (Lipinski definition) is 2. The molecule has 1 saturated heterocycles. The molecule has 0 saturated carbocycles. The van der Waals surface area contributed by atoms with Crippen LogP contribution in [0, 0.1) is 5.92 Å². The van der Waals surface area contributed by atoms with E-state index in [-0.39, 0.29) is 27.7 Å². The summed E-state index contributed by atoms with van der Waals surface area (Å²) in [5.41, 5.74) is 0.649. The third kappa shape index (κ3) is 5.58. The number of carbonyl (C=O) groups excluding carboxylic acids is 3. The molecule has 3 heterocycles. The van der Waals surface area contributed by atoms with E-state index in [1.165, 1.54) is 0 Å². The normalized spacial score (nSPS) is 14.2. The first kappa shape index (κ1) is 21.7. The fourth-order valence-electron chi connectivity index (χ4n) is 3.52. The lowest BCUT2D eigenvalue weighted by molar-refractivity contribution is -0.122. The van der Waals surface area contributed by atoms with Gasteiger partial charge in [0.05, 0.1) is 12.8 Å². The van der Waals surface area contributed by atoms with E-state index in [0.717, 1.165) is 24.2 Å². The molecule has 0 atom stereocenters. The van der Waals surface area contributed by atoms with Gasteiger partial charge in [0.1, 0.15) is 5.76 Å². The van der Waals surface area contributed by atoms with Crippen molar-refractivity contribution in [3.05, 3.63) is 64.5 Å². The van der Waals surface area contributed by atoms with Crippen molar-refractivity contribution in [2.75, 3.05) is 18.4 Å². The second-order valence-corrected chi connectivity index (χ2v) is 8.51. The lowest BCUT2D eigenvalue weighted by Gasteiger charge is -2.31. The first-order valence-corrected chi connectivity index (χ1v) is 11.2. The summed E-state index contributed by atoms with van der Waals surface area (Å²) in [7, 11) is 0. The molecule has 0 bridgehead atoms. The van der Waals surface area contributed by atoms with E-state index >= 15 is 0 Å². The maximum absolute atomic E-state index is 12.8. The average molecular weight is 454 g/mol. The highest BCUT2D eigenvalue weighted by Gasteiger charge is 2.28. The summed E-state index contributed by atoms with van der Waals surface area (Å²) in [6.45, 7) is 1.46. The Morgan fingerprint density at radius 1 is 1.03 bits per heavy atom. The Balaban J connectivity index is 1.24. The van der Waals surface area contributed by atoms with Crippen LogP contribution in [0.2, 0.25) is 0 Å². The fourth-order valence-corrected chi connectivity index (χ4v) is 4.22. The highest BCUT2D eigenvalue weighted by Crippen LogP contribution is 2.23. The van der Waals surface area contributed by atoms with Crippen molar-refractivity contribution >= 4 is 34.7 Å². The van der Waals surface area contributed by atoms with Crippen LogP contribution in [0.5, 0.6) is 0 Å². The van der Waals surface area contributed by atoms with Crippen LogP contribution in [-0.2, 0) is 11.3 Å². The highest BCUT2D eigenvalue weighted by molar-refractivity contribution is 7.15. The lowest BCUT2D eigenvalue weighted by Crippen LogP contribution is -2.39. The fraction of sp³-hybridized carbons (Fsp3) is 0.318. The van der Waals surface area contributed by atoms with Gasteiger partial charge in [0.2, 0.25) is 15.9 Å². The smallest absolute Gasteiger partial charge is 0.286 e. The maximum atomic E-state index is 12.8. The molecular weight excluding hydrogens is 430 g/mol. The quantitative estimate of drug-likeness (QED) is 0.568. The molecule has 3 aromatic rings. The first-order valence-electron chi connectivity index (χ1n) is 10.4. The Bertz CT molecular complexity index is 1060. The van der Waals surface area contributed by atoms with E-state index in [2.05, 4.69) is 20.8 Å². The Kier molecular flexibility index (Phi) is 6.90. The van der Waals surface area contributed by atoms with Gasteiger partial charge in [-0.15, -0.1) is 10.2 Å². The number of anilines is 1. The number of hydrogen-bond acceptors (Lipinski definition) is 7. The number of benzene rings is 1. The minimum Gasteiger partial charge on any atom is -0.467 e. The van der Waals surface area contributed by atoms with Crippen molar-refractivity contribution in [1.82, 2.24) is 20.4 Å². The topological polar surface area (TPSA) is 117 Å². The molecule has 10 heteroatoms. The lowest BCUT2D eigenvalue weighted by atomic mass is 9.93. The standard InChI is InChI=1S/C22H23N5O4S/c28-18(23-14-17-7-4-12-31-17)13-15-8-10-27(11-9-15)22(30)21-26-25-20(32-21)19(29)24-16-5-2-1-3-6-16/h1-7,12,15H,8-11,13-14H2,(H,23,28)(H,24,29). The van der Waals surface area contributed by atoms with Gasteiger partial charge in [-0.1, -0.05) is 29.5 Å². The minimum absolute atomic E-state index is 0.0237. The molecule has 0 radical (unpaired) electrons. The Morgan fingerprint density at radius 2 is 1.78 bits per heavy atom. The van der Waals surface area contributed by atoms with Gasteiger partial charge in [-0.25, -0.2) is 0 Å². The third-order valence-electron chi connectivity index (χ3n) is 5.25. The van der Waals surface area contributed by atoms with E-state index in [9.17, 15) is 14.4 Å². The molecule has 1 fully saturated rings. The van der Waals surface area contributed by atoms with E-state index in [1.54, 1.807) is 29.4 Å². The molecule has 1 aliphatic rings. The largest absolute Gasteiger partial charge is 0.467 e. The summed E-state index contributed by atoms with van der Waals surface area (Å²) >= 11 is 0.980. The van der Waals surface area contributed by atoms with Crippen LogP contribution in [0.4, 0.5) is 5.69 Å². The molecule has 166 valence electrons. The van der Waals surface area contributed by atoms with Gasteiger partial charge in [0, 0.05) is 25.2 Å². The molecule has 0 spiro atoms. The first-order chi connectivity index (χ1) is 15.6. The Labute approximate surface area is 188 Å². The van der Waals surface area contributed by atoms with Crippen molar-refractivity contribution in [2.45, 2.75) is 25.8 Å². The van der Waals surface area contributed by atoms with Gasteiger partial charge < -0.3 is 20.0 Å². The molecule has 4 rings (SSSR count). The van der Waals surface area contributed by atoms with Crippen molar-refractivity contribution < 1.29 is 18.8 Å². The van der Waals surface area contributed by atoms with Crippen LogP contribution in [0.15, 0.2) is 53.1 Å². The number of para-hydroxylation sites is 1. The summed E-state index contributed by atoms with van der Waals surface area (Å²) in [6, 6.07) is 12.6. The molecule has 1 aromatic carbocycles. The molecule has 2 N–H and O–H groups in total. The number of rotatable bonds is 7. The van der Waals surface area contributed by atoms with Crippen LogP contribution >= 0.6 is 11.3 Å². The number of nitrogens with zero attached hydrogens (tertiary/aromatic N) is 3. The molecule has 3 amide bonds. The molecule has 2 aromatic heterocycles. The summed E-state index contributed by atoms with van der Waals surface area (Å²) < 4.78 is 5.21. The third-order valence-corrected chi connectivity index (χ3v) is 6.16. The maximum Gasteiger partial charge on any atom is 0.286 e. The van der Waals surface area contributed by atoms with Gasteiger partial charge in [0.15, 0.2) is 0 Å². The van der Waals surface area contributed by atoms with Gasteiger partial charge >= 0.3 is 0 Å². The number of carbonyl (C=O) groups is 3. The van der Waals surface area contributed by atoms with Gasteiger partial charge in [-0.3, -0.25) is 14.4 Å². The molecular formula is C22H23N5O4S. The van der Waals surface area contributed by atoms with Crippen LogP contribution in [-0.4, -0.2) is 45.9 Å². The molecule has 0 unspecified atom stereocenters. The minimum atomic E-state index is -0.396. The monoisotopic (exact) mass is 453 g/mol. The van der Waals surface area contributed by atoms with E-state index in [1.807, 2.05) is 24.3 Å². The number of furan rings is 1.